The first-order valence-electron chi connectivity index (χ1n) is 6.13. The number of aliphatic hydroxyl groups excluding tert-OH is 1. The molecule has 4 heteroatoms. The molecule has 3 rings (SSSR count). The molecule has 0 fully saturated rings. The van der Waals surface area contributed by atoms with Crippen LogP contribution in [0.2, 0.25) is 5.02 Å². The lowest BCUT2D eigenvalue weighted by Gasteiger charge is -2.16. The number of aromatic nitrogens is 1. The van der Waals surface area contributed by atoms with Gasteiger partial charge in [-0.15, -0.1) is 0 Å². The molecule has 1 unspecified atom stereocenters. The molecule has 0 saturated heterocycles. The summed E-state index contributed by atoms with van der Waals surface area (Å²) in [6.45, 7) is 0. The predicted octanol–water partition coefficient (Wildman–Crippen LogP) is 4.73. The zero-order valence-electron chi connectivity index (χ0n) is 10.4. The number of hydrogen-bond acceptors (Lipinski definition) is 2. The molecule has 0 aliphatic heterocycles. The van der Waals surface area contributed by atoms with Crippen molar-refractivity contribution in [3.63, 3.8) is 0 Å². The Hall–Kier alpha value is -1.42. The van der Waals surface area contributed by atoms with Crippen LogP contribution in [0.4, 0.5) is 0 Å². The van der Waals surface area contributed by atoms with Crippen LogP contribution in [-0.4, -0.2) is 10.1 Å². The van der Waals surface area contributed by atoms with Gasteiger partial charge in [0.05, 0.1) is 5.02 Å². The number of benzene rings is 2. The molecule has 1 N–H and O–H groups in total. The van der Waals surface area contributed by atoms with E-state index >= 15 is 0 Å². The second kappa shape index (κ2) is 5.52. The van der Waals surface area contributed by atoms with Crippen LogP contribution in [0.3, 0.4) is 0 Å². The van der Waals surface area contributed by atoms with Gasteiger partial charge < -0.3 is 5.11 Å². The highest BCUT2D eigenvalue weighted by atomic mass is 79.9. The molecule has 2 aromatic carbocycles. The van der Waals surface area contributed by atoms with Crippen molar-refractivity contribution in [3.8, 4) is 0 Å². The first kappa shape index (κ1) is 13.6. The van der Waals surface area contributed by atoms with Crippen molar-refractivity contribution >= 4 is 38.3 Å². The summed E-state index contributed by atoms with van der Waals surface area (Å²) in [4.78, 5) is 4.10. The second-order valence-electron chi connectivity index (χ2n) is 4.49. The Bertz CT molecular complexity index is 770. The highest BCUT2D eigenvalue weighted by molar-refractivity contribution is 9.10. The molecule has 1 aromatic heterocycles. The van der Waals surface area contributed by atoms with Crippen molar-refractivity contribution in [2.45, 2.75) is 6.10 Å². The SMILES string of the molecule is OC(c1cccc(Br)c1Cl)c1cccc2cnccc12. The Balaban J connectivity index is 2.18. The first-order chi connectivity index (χ1) is 9.68. The number of fused-ring (bicyclic) bond motifs is 1. The fourth-order valence-electron chi connectivity index (χ4n) is 2.29. The lowest BCUT2D eigenvalue weighted by Crippen LogP contribution is -2.01. The predicted molar refractivity (Wildman–Crippen MR) is 85.0 cm³/mol. The number of hydrogen-bond donors (Lipinski definition) is 1. The molecule has 1 atom stereocenters. The van der Waals surface area contributed by atoms with E-state index in [1.54, 1.807) is 12.4 Å². The molecule has 0 aliphatic rings. The van der Waals surface area contributed by atoms with Crippen LogP contribution >= 0.6 is 27.5 Å². The Kier molecular flexibility index (Phi) is 3.74. The number of nitrogens with zero attached hydrogens (tertiary/aromatic N) is 1. The standard InChI is InChI=1S/C16H11BrClNO/c17-14-6-2-5-13(15(14)18)16(20)12-4-1-3-10-9-19-8-7-11(10)12/h1-9,16,20H. The van der Waals surface area contributed by atoms with Crippen molar-refractivity contribution in [1.29, 1.82) is 0 Å². The Morgan fingerprint density at radius 3 is 2.65 bits per heavy atom. The van der Waals surface area contributed by atoms with Crippen molar-refractivity contribution in [2.75, 3.05) is 0 Å². The van der Waals surface area contributed by atoms with Gasteiger partial charge in [0.15, 0.2) is 0 Å². The third-order valence-corrected chi connectivity index (χ3v) is 4.60. The third kappa shape index (κ3) is 2.33. The molecule has 0 amide bonds. The summed E-state index contributed by atoms with van der Waals surface area (Å²) in [5.41, 5.74) is 1.51. The monoisotopic (exact) mass is 347 g/mol. The van der Waals surface area contributed by atoms with Crippen LogP contribution in [0.25, 0.3) is 10.8 Å². The maximum Gasteiger partial charge on any atom is 0.106 e. The maximum absolute atomic E-state index is 10.7. The van der Waals surface area contributed by atoms with Crippen LogP contribution < -0.4 is 0 Å². The Morgan fingerprint density at radius 1 is 1.05 bits per heavy atom. The average Bonchev–Trinajstić information content (AvgIpc) is 2.49. The summed E-state index contributed by atoms with van der Waals surface area (Å²) in [6, 6.07) is 13.2. The van der Waals surface area contributed by atoms with E-state index < -0.39 is 6.10 Å². The van der Waals surface area contributed by atoms with Gasteiger partial charge in [-0.05, 0) is 39.0 Å². The van der Waals surface area contributed by atoms with Gasteiger partial charge in [0.1, 0.15) is 6.10 Å². The maximum atomic E-state index is 10.7. The van der Waals surface area contributed by atoms with Crippen LogP contribution in [-0.2, 0) is 0 Å². The number of aliphatic hydroxyl groups is 1. The quantitative estimate of drug-likeness (QED) is 0.726. The summed E-state index contributed by atoms with van der Waals surface area (Å²) >= 11 is 9.65. The summed E-state index contributed by atoms with van der Waals surface area (Å²) in [5, 5.41) is 13.2. The smallest absolute Gasteiger partial charge is 0.106 e. The van der Waals surface area contributed by atoms with Crippen molar-refractivity contribution in [3.05, 3.63) is 75.5 Å². The first-order valence-corrected chi connectivity index (χ1v) is 7.30. The van der Waals surface area contributed by atoms with Crippen molar-refractivity contribution < 1.29 is 5.11 Å². The topological polar surface area (TPSA) is 33.1 Å². The molecule has 0 spiro atoms. The lowest BCUT2D eigenvalue weighted by atomic mass is 9.97. The van der Waals surface area contributed by atoms with E-state index in [1.807, 2.05) is 42.5 Å². The third-order valence-electron chi connectivity index (χ3n) is 3.29. The Morgan fingerprint density at radius 2 is 1.80 bits per heavy atom. The molecule has 2 nitrogen and oxygen atoms in total. The van der Waals surface area contributed by atoms with Gasteiger partial charge in [0.25, 0.3) is 0 Å². The highest BCUT2D eigenvalue weighted by Gasteiger charge is 2.17. The number of halogens is 2. The van der Waals surface area contributed by atoms with Gasteiger partial charge in [-0.25, -0.2) is 0 Å². The molecule has 20 heavy (non-hydrogen) atoms. The minimum atomic E-state index is -0.772. The highest BCUT2D eigenvalue weighted by Crippen LogP contribution is 2.35. The van der Waals surface area contributed by atoms with Gasteiger partial charge in [0.2, 0.25) is 0 Å². The largest absolute Gasteiger partial charge is 0.384 e. The normalized spacial score (nSPS) is 12.6. The van der Waals surface area contributed by atoms with Gasteiger partial charge in [-0.2, -0.15) is 0 Å². The second-order valence-corrected chi connectivity index (χ2v) is 5.72. The van der Waals surface area contributed by atoms with E-state index in [0.29, 0.717) is 10.6 Å². The van der Waals surface area contributed by atoms with E-state index in [4.69, 9.17) is 11.6 Å². The molecule has 0 aliphatic carbocycles. The molecule has 0 saturated carbocycles. The fraction of sp³-hybridized carbons (Fsp3) is 0.0625. The van der Waals surface area contributed by atoms with Crippen LogP contribution in [0.15, 0.2) is 59.3 Å². The zero-order valence-corrected chi connectivity index (χ0v) is 12.8. The molecule has 100 valence electrons. The lowest BCUT2D eigenvalue weighted by molar-refractivity contribution is 0.222. The number of rotatable bonds is 2. The fourth-order valence-corrected chi connectivity index (χ4v) is 2.90. The summed E-state index contributed by atoms with van der Waals surface area (Å²) in [7, 11) is 0. The van der Waals surface area contributed by atoms with Gasteiger partial charge in [-0.3, -0.25) is 4.98 Å². The summed E-state index contributed by atoms with van der Waals surface area (Å²) in [6.07, 6.45) is 2.74. The molecule has 1 heterocycles. The van der Waals surface area contributed by atoms with Crippen LogP contribution in [0.5, 0.6) is 0 Å². The van der Waals surface area contributed by atoms with Crippen molar-refractivity contribution in [1.82, 2.24) is 4.98 Å². The van der Waals surface area contributed by atoms with Gasteiger partial charge in [-0.1, -0.05) is 41.9 Å². The molecular formula is C16H11BrClNO. The van der Waals surface area contributed by atoms with E-state index in [-0.39, 0.29) is 0 Å². The molecular weight excluding hydrogens is 338 g/mol. The van der Waals surface area contributed by atoms with E-state index in [1.165, 1.54) is 0 Å². The molecule has 0 radical (unpaired) electrons. The minimum absolute atomic E-state index is 0.533. The zero-order chi connectivity index (χ0) is 14.1. The van der Waals surface area contributed by atoms with E-state index in [9.17, 15) is 5.11 Å². The van der Waals surface area contributed by atoms with E-state index in [0.717, 1.165) is 20.8 Å². The number of pyridine rings is 1. The molecule has 3 aromatic rings. The minimum Gasteiger partial charge on any atom is -0.384 e. The van der Waals surface area contributed by atoms with Crippen LogP contribution in [0, 0.1) is 0 Å². The average molecular weight is 349 g/mol. The van der Waals surface area contributed by atoms with E-state index in [2.05, 4.69) is 20.9 Å². The van der Waals surface area contributed by atoms with Crippen LogP contribution in [0.1, 0.15) is 17.2 Å². The Labute approximate surface area is 130 Å². The van der Waals surface area contributed by atoms with Gasteiger partial charge in [0, 0.05) is 27.8 Å². The van der Waals surface area contributed by atoms with Gasteiger partial charge >= 0.3 is 0 Å². The molecule has 0 bridgehead atoms. The van der Waals surface area contributed by atoms with Crippen molar-refractivity contribution in [2.24, 2.45) is 0 Å². The summed E-state index contributed by atoms with van der Waals surface area (Å²) < 4.78 is 0.776. The summed E-state index contributed by atoms with van der Waals surface area (Å²) in [5.74, 6) is 0.